The van der Waals surface area contributed by atoms with Crippen molar-refractivity contribution in [2.45, 2.75) is 26.2 Å². The van der Waals surface area contributed by atoms with E-state index in [4.69, 9.17) is 0 Å². The van der Waals surface area contributed by atoms with Gasteiger partial charge in [0.2, 0.25) is 0 Å². The molecular weight excluding hydrogens is 184 g/mol. The zero-order valence-electron chi connectivity index (χ0n) is 8.91. The Morgan fingerprint density at radius 1 is 1.29 bits per heavy atom. The van der Waals surface area contributed by atoms with E-state index >= 15 is 0 Å². The van der Waals surface area contributed by atoms with E-state index in [0.29, 0.717) is 19.3 Å². The Kier molecular flexibility index (Phi) is 6.80. The van der Waals surface area contributed by atoms with Gasteiger partial charge in [0.15, 0.2) is 0 Å². The zero-order valence-corrected chi connectivity index (χ0v) is 8.91. The van der Waals surface area contributed by atoms with Gasteiger partial charge in [0.1, 0.15) is 0 Å². The molecule has 0 aliphatic carbocycles. The van der Waals surface area contributed by atoms with Crippen LogP contribution in [0.15, 0.2) is 0 Å². The summed E-state index contributed by atoms with van der Waals surface area (Å²) in [6.45, 7) is 1.79. The smallest absolute Gasteiger partial charge is 0.308 e. The summed E-state index contributed by atoms with van der Waals surface area (Å²) in [7, 11) is 2.73. The fraction of sp³-hybridized carbons (Fsp3) is 0.700. The maximum Gasteiger partial charge on any atom is 0.308 e. The second-order valence-corrected chi connectivity index (χ2v) is 3.06. The standard InChI is InChI=1S/C10H17O4/c1-8(10(12)14-3)6-4-5-7-9(11)13-2/h4,8H,5-7H2,1-3H3. The van der Waals surface area contributed by atoms with Gasteiger partial charge in [0.25, 0.3) is 0 Å². The van der Waals surface area contributed by atoms with Gasteiger partial charge in [-0.15, -0.1) is 0 Å². The Balaban J connectivity index is 3.45. The summed E-state index contributed by atoms with van der Waals surface area (Å²) < 4.78 is 9.04. The highest BCUT2D eigenvalue weighted by molar-refractivity contribution is 5.72. The van der Waals surface area contributed by atoms with Crippen LogP contribution in [0.4, 0.5) is 0 Å². The molecule has 0 bridgehead atoms. The maximum absolute atomic E-state index is 11.0. The van der Waals surface area contributed by atoms with Gasteiger partial charge < -0.3 is 9.47 Å². The molecule has 4 heteroatoms. The van der Waals surface area contributed by atoms with Crippen molar-refractivity contribution in [3.63, 3.8) is 0 Å². The van der Waals surface area contributed by atoms with Gasteiger partial charge in [-0.1, -0.05) is 6.92 Å². The number of ether oxygens (including phenoxy) is 2. The molecule has 0 heterocycles. The molecule has 1 atom stereocenters. The minimum atomic E-state index is -0.230. The first-order chi connectivity index (χ1) is 6.61. The number of methoxy groups -OCH3 is 2. The highest BCUT2D eigenvalue weighted by atomic mass is 16.5. The summed E-state index contributed by atoms with van der Waals surface area (Å²) >= 11 is 0. The lowest BCUT2D eigenvalue weighted by molar-refractivity contribution is -0.144. The summed E-state index contributed by atoms with van der Waals surface area (Å²) in [6.07, 6.45) is 3.53. The van der Waals surface area contributed by atoms with Gasteiger partial charge in [-0.05, 0) is 19.3 Å². The van der Waals surface area contributed by atoms with Crippen molar-refractivity contribution < 1.29 is 19.1 Å². The van der Waals surface area contributed by atoms with Crippen LogP contribution < -0.4 is 0 Å². The third kappa shape index (κ3) is 5.56. The van der Waals surface area contributed by atoms with Crippen molar-refractivity contribution in [1.29, 1.82) is 0 Å². The van der Waals surface area contributed by atoms with E-state index in [1.54, 1.807) is 6.92 Å². The van der Waals surface area contributed by atoms with Crippen molar-refractivity contribution >= 4 is 11.9 Å². The molecule has 0 aromatic heterocycles. The van der Waals surface area contributed by atoms with Crippen LogP contribution in [0.5, 0.6) is 0 Å². The van der Waals surface area contributed by atoms with Crippen LogP contribution in [0.25, 0.3) is 0 Å². The lowest BCUT2D eigenvalue weighted by Crippen LogP contribution is -2.12. The Morgan fingerprint density at radius 2 is 1.93 bits per heavy atom. The van der Waals surface area contributed by atoms with Gasteiger partial charge in [0.05, 0.1) is 20.1 Å². The lowest BCUT2D eigenvalue weighted by Gasteiger charge is -2.07. The summed E-state index contributed by atoms with van der Waals surface area (Å²) in [5.74, 6) is -0.594. The molecule has 0 fully saturated rings. The molecule has 0 spiro atoms. The number of rotatable bonds is 6. The third-order valence-electron chi connectivity index (χ3n) is 1.90. The predicted molar refractivity (Wildman–Crippen MR) is 51.3 cm³/mol. The van der Waals surface area contributed by atoms with E-state index in [-0.39, 0.29) is 17.9 Å². The first-order valence-corrected chi connectivity index (χ1v) is 4.58. The Morgan fingerprint density at radius 3 is 2.43 bits per heavy atom. The molecule has 0 saturated carbocycles. The summed E-state index contributed by atoms with van der Waals surface area (Å²) in [5.41, 5.74) is 0. The van der Waals surface area contributed by atoms with E-state index in [2.05, 4.69) is 9.47 Å². The average molecular weight is 201 g/mol. The SMILES string of the molecule is COC(=O)CC[CH]CC(C)C(=O)OC. The molecule has 4 nitrogen and oxygen atoms in total. The summed E-state index contributed by atoms with van der Waals surface area (Å²) in [4.78, 5) is 21.7. The van der Waals surface area contributed by atoms with Crippen LogP contribution in [0.3, 0.4) is 0 Å². The zero-order chi connectivity index (χ0) is 11.0. The molecule has 0 amide bonds. The summed E-state index contributed by atoms with van der Waals surface area (Å²) in [5, 5.41) is 0. The maximum atomic E-state index is 11.0. The molecule has 0 rings (SSSR count). The topological polar surface area (TPSA) is 52.6 Å². The van der Waals surface area contributed by atoms with Crippen LogP contribution >= 0.6 is 0 Å². The van der Waals surface area contributed by atoms with Crippen LogP contribution in [0.1, 0.15) is 26.2 Å². The molecule has 0 aromatic carbocycles. The number of esters is 2. The lowest BCUT2D eigenvalue weighted by atomic mass is 10.0. The molecule has 0 N–H and O–H groups in total. The minimum absolute atomic E-state index is 0.141. The largest absolute Gasteiger partial charge is 0.469 e. The fourth-order valence-corrected chi connectivity index (χ4v) is 0.987. The van der Waals surface area contributed by atoms with Crippen LogP contribution in [-0.2, 0) is 19.1 Å². The Hall–Kier alpha value is -1.06. The third-order valence-corrected chi connectivity index (χ3v) is 1.90. The number of hydrogen-bond donors (Lipinski definition) is 0. The molecular formula is C10H17O4. The second-order valence-electron chi connectivity index (χ2n) is 3.06. The van der Waals surface area contributed by atoms with Crippen LogP contribution in [0.2, 0.25) is 0 Å². The molecule has 0 aliphatic heterocycles. The number of unbranched alkanes of at least 4 members (excludes halogenated alkanes) is 1. The highest BCUT2D eigenvalue weighted by Gasteiger charge is 2.12. The molecule has 1 radical (unpaired) electrons. The fourth-order valence-electron chi connectivity index (χ4n) is 0.987. The van der Waals surface area contributed by atoms with E-state index in [9.17, 15) is 9.59 Å². The molecule has 0 saturated heterocycles. The van der Waals surface area contributed by atoms with E-state index in [0.717, 1.165) is 0 Å². The number of carbonyl (C=O) groups is 2. The highest BCUT2D eigenvalue weighted by Crippen LogP contribution is 2.09. The monoisotopic (exact) mass is 201 g/mol. The molecule has 0 aromatic rings. The van der Waals surface area contributed by atoms with Gasteiger partial charge in [-0.2, -0.15) is 0 Å². The predicted octanol–water partition coefficient (Wildman–Crippen LogP) is 1.34. The number of carbonyl (C=O) groups excluding carboxylic acids is 2. The van der Waals surface area contributed by atoms with Crippen molar-refractivity contribution in [1.82, 2.24) is 0 Å². The van der Waals surface area contributed by atoms with Crippen molar-refractivity contribution in [2.24, 2.45) is 5.92 Å². The average Bonchev–Trinajstić information content (AvgIpc) is 2.22. The normalized spacial score (nSPS) is 11.9. The van der Waals surface area contributed by atoms with Gasteiger partial charge in [0, 0.05) is 6.42 Å². The Bertz CT molecular complexity index is 189. The van der Waals surface area contributed by atoms with Crippen LogP contribution in [-0.4, -0.2) is 26.2 Å². The van der Waals surface area contributed by atoms with Gasteiger partial charge in [-0.25, -0.2) is 0 Å². The molecule has 1 unspecified atom stereocenters. The van der Waals surface area contributed by atoms with E-state index in [1.165, 1.54) is 14.2 Å². The van der Waals surface area contributed by atoms with Crippen LogP contribution in [0, 0.1) is 12.3 Å². The van der Waals surface area contributed by atoms with Gasteiger partial charge in [-0.3, -0.25) is 9.59 Å². The molecule has 81 valence electrons. The second kappa shape index (κ2) is 7.35. The van der Waals surface area contributed by atoms with Crippen molar-refractivity contribution in [3.05, 3.63) is 6.42 Å². The first-order valence-electron chi connectivity index (χ1n) is 4.58. The first kappa shape index (κ1) is 12.9. The van der Waals surface area contributed by atoms with Crippen molar-refractivity contribution in [2.75, 3.05) is 14.2 Å². The number of hydrogen-bond acceptors (Lipinski definition) is 4. The Labute approximate surface area is 84.6 Å². The molecule has 14 heavy (non-hydrogen) atoms. The summed E-state index contributed by atoms with van der Waals surface area (Å²) in [6, 6.07) is 0. The van der Waals surface area contributed by atoms with E-state index in [1.807, 2.05) is 6.42 Å². The minimum Gasteiger partial charge on any atom is -0.469 e. The quantitative estimate of drug-likeness (QED) is 0.480. The van der Waals surface area contributed by atoms with E-state index < -0.39 is 0 Å². The van der Waals surface area contributed by atoms with Crippen molar-refractivity contribution in [3.8, 4) is 0 Å². The van der Waals surface area contributed by atoms with Gasteiger partial charge >= 0.3 is 11.9 Å². The molecule has 0 aliphatic rings.